The second-order valence-electron chi connectivity index (χ2n) is 7.81. The maximum Gasteiger partial charge on any atom is 0.258 e. The number of carbonyl (C=O) groups is 1. The topological polar surface area (TPSA) is 172 Å². The average molecular weight is 501 g/mol. The number of carbonyl (C=O) groups excluding carboxylic acids is 1. The fourth-order valence-electron chi connectivity index (χ4n) is 3.76. The van der Waals surface area contributed by atoms with Gasteiger partial charge in [0.05, 0.1) is 24.7 Å². The number of hydrogen-bond acceptors (Lipinski definition) is 10. The molecule has 0 radical (unpaired) electrons. The van der Waals surface area contributed by atoms with Crippen LogP contribution in [0.1, 0.15) is 16.6 Å². The van der Waals surface area contributed by atoms with Crippen molar-refractivity contribution < 1.29 is 24.9 Å². The zero-order valence-electron chi connectivity index (χ0n) is 18.3. The summed E-state index contributed by atoms with van der Waals surface area (Å²) in [5.41, 5.74) is 1.52. The van der Waals surface area contributed by atoms with E-state index in [-0.39, 0.29) is 23.1 Å². The van der Waals surface area contributed by atoms with Crippen molar-refractivity contribution in [2.75, 3.05) is 24.3 Å². The van der Waals surface area contributed by atoms with Crippen molar-refractivity contribution in [3.63, 3.8) is 0 Å². The molecule has 0 bridgehead atoms. The number of nitrogens with one attached hydrogen (secondary N) is 2. The number of aliphatic hydroxyl groups is 3. The van der Waals surface area contributed by atoms with Crippen LogP contribution in [0, 0.1) is 0 Å². The number of ether oxygens (including phenoxy) is 1. The van der Waals surface area contributed by atoms with Gasteiger partial charge in [-0.1, -0.05) is 11.6 Å². The number of fused-ring (bicyclic) bond motifs is 1. The number of benzene rings is 1. The van der Waals surface area contributed by atoms with Crippen LogP contribution >= 0.6 is 11.6 Å². The molecule has 1 saturated heterocycles. The lowest BCUT2D eigenvalue weighted by Gasteiger charge is -2.17. The van der Waals surface area contributed by atoms with Gasteiger partial charge in [-0.3, -0.25) is 9.36 Å². The zero-order chi connectivity index (χ0) is 24.7. The van der Waals surface area contributed by atoms with E-state index in [9.17, 15) is 20.1 Å². The first-order chi connectivity index (χ1) is 16.9. The van der Waals surface area contributed by atoms with E-state index in [0.29, 0.717) is 22.0 Å². The molecule has 4 heterocycles. The molecule has 5 rings (SSSR count). The van der Waals surface area contributed by atoms with Gasteiger partial charge in [-0.2, -0.15) is 15.1 Å². The first kappa shape index (κ1) is 23.1. The Morgan fingerprint density at radius 3 is 2.66 bits per heavy atom. The minimum Gasteiger partial charge on any atom is -0.394 e. The number of rotatable bonds is 6. The fraction of sp³-hybridized carbons (Fsp3) is 0.286. The minimum atomic E-state index is -1.31. The lowest BCUT2D eigenvalue weighted by Crippen LogP contribution is -2.33. The summed E-state index contributed by atoms with van der Waals surface area (Å²) in [5.74, 6) is 0.115. The van der Waals surface area contributed by atoms with Gasteiger partial charge in [0.1, 0.15) is 18.3 Å². The number of aromatic nitrogens is 6. The van der Waals surface area contributed by atoms with E-state index < -0.39 is 31.1 Å². The van der Waals surface area contributed by atoms with E-state index in [0.717, 1.165) is 0 Å². The average Bonchev–Trinajstić information content (AvgIpc) is 3.58. The SMILES string of the molecule is CNc1nc(-n2cc(C(=O)Nc3ccc(Cl)cc3)cn2)nc2c1ncn2[C@@H]1O[C@H](CO)[C@@H](O)[C@H]1O. The molecule has 1 fully saturated rings. The zero-order valence-corrected chi connectivity index (χ0v) is 19.0. The van der Waals surface area contributed by atoms with Crippen LogP contribution in [0.4, 0.5) is 11.5 Å². The highest BCUT2D eigenvalue weighted by atomic mass is 35.5. The quantitative estimate of drug-likeness (QED) is 0.252. The van der Waals surface area contributed by atoms with Crippen molar-refractivity contribution in [2.45, 2.75) is 24.5 Å². The van der Waals surface area contributed by atoms with Gasteiger partial charge < -0.3 is 30.7 Å². The van der Waals surface area contributed by atoms with Crippen molar-refractivity contribution in [1.29, 1.82) is 0 Å². The molecule has 13 nitrogen and oxygen atoms in total. The van der Waals surface area contributed by atoms with Gasteiger partial charge in [0.2, 0.25) is 0 Å². The smallest absolute Gasteiger partial charge is 0.258 e. The molecule has 1 aliphatic heterocycles. The van der Waals surface area contributed by atoms with Gasteiger partial charge in [0.15, 0.2) is 23.2 Å². The predicted molar refractivity (Wildman–Crippen MR) is 124 cm³/mol. The molecule has 0 spiro atoms. The Morgan fingerprint density at radius 1 is 1.20 bits per heavy atom. The molecular formula is C21H21ClN8O5. The van der Waals surface area contributed by atoms with Crippen LogP contribution in [0.3, 0.4) is 0 Å². The van der Waals surface area contributed by atoms with Crippen molar-refractivity contribution >= 4 is 40.2 Å². The third-order valence-electron chi connectivity index (χ3n) is 5.59. The molecule has 0 saturated carbocycles. The van der Waals surface area contributed by atoms with E-state index in [2.05, 4.69) is 30.7 Å². The fourth-order valence-corrected chi connectivity index (χ4v) is 3.89. The first-order valence-corrected chi connectivity index (χ1v) is 10.9. The molecule has 14 heteroatoms. The largest absolute Gasteiger partial charge is 0.394 e. The molecule has 35 heavy (non-hydrogen) atoms. The summed E-state index contributed by atoms with van der Waals surface area (Å²) < 4.78 is 8.39. The number of hydrogen-bond donors (Lipinski definition) is 5. The van der Waals surface area contributed by atoms with Crippen LogP contribution in [-0.4, -0.2) is 82.5 Å². The molecule has 1 amide bonds. The molecule has 4 atom stereocenters. The Bertz CT molecular complexity index is 1370. The Balaban J connectivity index is 1.47. The maximum atomic E-state index is 12.6. The third-order valence-corrected chi connectivity index (χ3v) is 5.84. The summed E-state index contributed by atoms with van der Waals surface area (Å²) in [5, 5.41) is 40.4. The van der Waals surface area contributed by atoms with Gasteiger partial charge in [0, 0.05) is 24.0 Å². The monoisotopic (exact) mass is 500 g/mol. The van der Waals surface area contributed by atoms with Gasteiger partial charge in [-0.05, 0) is 24.3 Å². The summed E-state index contributed by atoms with van der Waals surface area (Å²) in [6, 6.07) is 6.69. The molecule has 0 unspecified atom stereocenters. The lowest BCUT2D eigenvalue weighted by molar-refractivity contribution is -0.0511. The summed E-state index contributed by atoms with van der Waals surface area (Å²) in [4.78, 5) is 25.9. The van der Waals surface area contributed by atoms with Crippen LogP contribution in [0.2, 0.25) is 5.02 Å². The maximum absolute atomic E-state index is 12.6. The number of imidazole rings is 1. The normalized spacial score (nSPS) is 22.0. The highest BCUT2D eigenvalue weighted by Gasteiger charge is 2.44. The summed E-state index contributed by atoms with van der Waals surface area (Å²) in [6.07, 6.45) is -0.323. The molecule has 1 aliphatic rings. The van der Waals surface area contributed by atoms with Crippen LogP contribution in [0.15, 0.2) is 43.0 Å². The second kappa shape index (κ2) is 9.20. The van der Waals surface area contributed by atoms with Gasteiger partial charge in [0.25, 0.3) is 11.9 Å². The summed E-state index contributed by atoms with van der Waals surface area (Å²) >= 11 is 5.88. The summed E-state index contributed by atoms with van der Waals surface area (Å²) in [7, 11) is 1.66. The first-order valence-electron chi connectivity index (χ1n) is 10.6. The molecule has 0 aliphatic carbocycles. The van der Waals surface area contributed by atoms with Crippen LogP contribution < -0.4 is 10.6 Å². The summed E-state index contributed by atoms with van der Waals surface area (Å²) in [6.45, 7) is -0.461. The van der Waals surface area contributed by atoms with Gasteiger partial charge in [-0.25, -0.2) is 9.67 Å². The molecular weight excluding hydrogens is 480 g/mol. The van der Waals surface area contributed by atoms with Crippen molar-refractivity contribution in [3.8, 4) is 5.95 Å². The van der Waals surface area contributed by atoms with Crippen molar-refractivity contribution in [2.24, 2.45) is 0 Å². The molecule has 5 N–H and O–H groups in total. The van der Waals surface area contributed by atoms with E-state index in [4.69, 9.17) is 16.3 Å². The van der Waals surface area contributed by atoms with E-state index in [1.807, 2.05) is 0 Å². The van der Waals surface area contributed by atoms with E-state index in [1.165, 1.54) is 28.0 Å². The van der Waals surface area contributed by atoms with Crippen molar-refractivity contribution in [1.82, 2.24) is 29.3 Å². The van der Waals surface area contributed by atoms with Crippen molar-refractivity contribution in [3.05, 3.63) is 53.6 Å². The van der Waals surface area contributed by atoms with Crippen LogP contribution in [0.25, 0.3) is 17.1 Å². The van der Waals surface area contributed by atoms with Gasteiger partial charge in [-0.15, -0.1) is 0 Å². The number of aliphatic hydroxyl groups excluding tert-OH is 3. The molecule has 1 aromatic carbocycles. The standard InChI is InChI=1S/C21H21ClN8O5/c1-23-17-14-18(29(9-24-14)20-16(33)15(32)13(8-31)35-20)28-21(27-17)30-7-10(6-25-30)19(34)26-12-4-2-11(22)3-5-12/h2-7,9,13,15-16,20,31-33H,8H2,1H3,(H,26,34)(H,23,27,28)/t13-,15-,16-,20-/m1/s1. The number of anilines is 2. The Kier molecular flexibility index (Phi) is 6.08. The van der Waals surface area contributed by atoms with Crippen LogP contribution in [0.5, 0.6) is 0 Å². The lowest BCUT2D eigenvalue weighted by atomic mass is 10.1. The number of nitrogens with zero attached hydrogens (tertiary/aromatic N) is 6. The highest BCUT2D eigenvalue weighted by molar-refractivity contribution is 6.30. The Labute approximate surface area is 203 Å². The molecule has 182 valence electrons. The van der Waals surface area contributed by atoms with E-state index in [1.54, 1.807) is 31.3 Å². The minimum absolute atomic E-state index is 0.126. The number of amides is 1. The molecule has 3 aromatic heterocycles. The second-order valence-corrected chi connectivity index (χ2v) is 8.25. The third kappa shape index (κ3) is 4.19. The van der Waals surface area contributed by atoms with Gasteiger partial charge >= 0.3 is 0 Å². The Morgan fingerprint density at radius 2 is 1.97 bits per heavy atom. The number of halogens is 1. The molecule has 4 aromatic rings. The van der Waals surface area contributed by atoms with Crippen LogP contribution in [-0.2, 0) is 4.74 Å². The Hall–Kier alpha value is -3.62. The highest BCUT2D eigenvalue weighted by Crippen LogP contribution is 2.32. The predicted octanol–water partition coefficient (Wildman–Crippen LogP) is 0.571. The van der Waals surface area contributed by atoms with E-state index >= 15 is 0 Å².